The van der Waals surface area contributed by atoms with Gasteiger partial charge in [-0.25, -0.2) is 0 Å². The predicted molar refractivity (Wildman–Crippen MR) is 84.7 cm³/mol. The molecule has 1 aliphatic carbocycles. The Balaban J connectivity index is 1.54. The number of aromatic nitrogens is 2. The summed E-state index contributed by atoms with van der Waals surface area (Å²) in [5.74, 6) is 1.27. The van der Waals surface area contributed by atoms with E-state index in [9.17, 15) is 9.90 Å². The van der Waals surface area contributed by atoms with E-state index in [1.54, 1.807) is 29.1 Å². The van der Waals surface area contributed by atoms with Crippen molar-refractivity contribution in [2.24, 2.45) is 13.0 Å². The topological polar surface area (TPSA) is 85.6 Å². The lowest BCUT2D eigenvalue weighted by Gasteiger charge is -2.37. The summed E-state index contributed by atoms with van der Waals surface area (Å²) >= 11 is 0. The Labute approximate surface area is 139 Å². The summed E-state index contributed by atoms with van der Waals surface area (Å²) in [4.78, 5) is 12.7. The van der Waals surface area contributed by atoms with E-state index in [-0.39, 0.29) is 30.8 Å². The zero-order chi connectivity index (χ0) is 16.7. The number of carbonyl (C=O) groups excluding carboxylic acids is 1. The molecule has 2 heterocycles. The molecule has 0 saturated heterocycles. The Morgan fingerprint density at radius 1 is 1.38 bits per heavy atom. The fourth-order valence-electron chi connectivity index (χ4n) is 3.24. The molecule has 1 aromatic heterocycles. The Kier molecular flexibility index (Phi) is 3.65. The minimum Gasteiger partial charge on any atom is -0.454 e. The van der Waals surface area contributed by atoms with Crippen LogP contribution in [0, 0.1) is 5.92 Å². The number of fused-ring (bicyclic) bond motifs is 1. The van der Waals surface area contributed by atoms with Gasteiger partial charge < -0.3 is 19.9 Å². The van der Waals surface area contributed by atoms with E-state index >= 15 is 0 Å². The van der Waals surface area contributed by atoms with Crippen molar-refractivity contribution in [1.82, 2.24) is 15.1 Å². The number of aryl methyl sites for hydroxylation is 1. The zero-order valence-corrected chi connectivity index (χ0v) is 13.3. The molecule has 1 aliphatic heterocycles. The third-order valence-corrected chi connectivity index (χ3v) is 4.63. The molecule has 4 rings (SSSR count). The molecule has 1 unspecified atom stereocenters. The van der Waals surface area contributed by atoms with Gasteiger partial charge in [0.05, 0.1) is 18.3 Å². The highest BCUT2D eigenvalue weighted by atomic mass is 16.7. The molecule has 0 bridgehead atoms. The van der Waals surface area contributed by atoms with Crippen LogP contribution >= 0.6 is 0 Å². The van der Waals surface area contributed by atoms with Crippen molar-refractivity contribution in [3.8, 4) is 11.5 Å². The fourth-order valence-corrected chi connectivity index (χ4v) is 3.24. The summed E-state index contributed by atoms with van der Waals surface area (Å²) < 4.78 is 12.3. The second-order valence-corrected chi connectivity index (χ2v) is 6.35. The number of aliphatic hydroxyl groups is 1. The van der Waals surface area contributed by atoms with Gasteiger partial charge in [-0.05, 0) is 37.0 Å². The van der Waals surface area contributed by atoms with Gasteiger partial charge in [0.2, 0.25) is 6.79 Å². The molecule has 2 aromatic rings. The van der Waals surface area contributed by atoms with Crippen LogP contribution in [0.15, 0.2) is 30.6 Å². The normalized spacial score (nSPS) is 22.8. The molecule has 0 radical (unpaired) electrons. The molecule has 7 nitrogen and oxygen atoms in total. The van der Waals surface area contributed by atoms with E-state index in [1.807, 2.05) is 13.2 Å². The Hall–Kier alpha value is -2.54. The number of nitrogens with one attached hydrogen (secondary N) is 1. The van der Waals surface area contributed by atoms with Crippen molar-refractivity contribution in [2.45, 2.75) is 25.0 Å². The van der Waals surface area contributed by atoms with Gasteiger partial charge in [-0.1, -0.05) is 0 Å². The number of hydrogen-bond acceptors (Lipinski definition) is 5. The minimum absolute atomic E-state index is 0.167. The third-order valence-electron chi connectivity index (χ3n) is 4.63. The second kappa shape index (κ2) is 5.83. The molecule has 126 valence electrons. The van der Waals surface area contributed by atoms with Crippen LogP contribution in [0.3, 0.4) is 0 Å². The number of aliphatic hydroxyl groups excluding tert-OH is 1. The van der Waals surface area contributed by atoms with Crippen molar-refractivity contribution < 1.29 is 19.4 Å². The standard InChI is InChI=1S/C17H19N3O4/c1-20-8-12(7-18-20)16(11-4-13(21)5-11)19-17(22)10-2-3-14-15(6-10)24-9-23-14/h2-3,6-8,11,13,16,21H,4-5,9H2,1H3,(H,19,22). The third kappa shape index (κ3) is 2.71. The average Bonchev–Trinajstić information content (AvgIpc) is 3.17. The predicted octanol–water partition coefficient (Wildman–Crippen LogP) is 1.39. The van der Waals surface area contributed by atoms with Crippen LogP contribution in [0.5, 0.6) is 11.5 Å². The Morgan fingerprint density at radius 3 is 2.88 bits per heavy atom. The molecule has 1 saturated carbocycles. The molecular formula is C17H19N3O4. The van der Waals surface area contributed by atoms with E-state index in [2.05, 4.69) is 10.4 Å². The smallest absolute Gasteiger partial charge is 0.251 e. The lowest BCUT2D eigenvalue weighted by atomic mass is 9.75. The van der Waals surface area contributed by atoms with Gasteiger partial charge in [-0.3, -0.25) is 9.48 Å². The van der Waals surface area contributed by atoms with Crippen molar-refractivity contribution in [1.29, 1.82) is 0 Å². The van der Waals surface area contributed by atoms with E-state index in [1.165, 1.54) is 0 Å². The molecule has 2 N–H and O–H groups in total. The summed E-state index contributed by atoms with van der Waals surface area (Å²) in [5.41, 5.74) is 1.47. The molecule has 1 atom stereocenters. The first-order valence-corrected chi connectivity index (χ1v) is 7.97. The van der Waals surface area contributed by atoms with Crippen LogP contribution in [0.25, 0.3) is 0 Å². The van der Waals surface area contributed by atoms with E-state index in [0.29, 0.717) is 29.9 Å². The molecular weight excluding hydrogens is 310 g/mol. The number of amides is 1. The quantitative estimate of drug-likeness (QED) is 0.885. The summed E-state index contributed by atoms with van der Waals surface area (Å²) in [6, 6.07) is 4.98. The lowest BCUT2D eigenvalue weighted by molar-refractivity contribution is 0.0235. The number of carbonyl (C=O) groups is 1. The van der Waals surface area contributed by atoms with Gasteiger partial charge in [0, 0.05) is 24.4 Å². The van der Waals surface area contributed by atoms with Crippen LogP contribution in [0.4, 0.5) is 0 Å². The van der Waals surface area contributed by atoms with Crippen LogP contribution in [-0.4, -0.2) is 33.7 Å². The van der Waals surface area contributed by atoms with E-state index in [0.717, 1.165) is 5.56 Å². The van der Waals surface area contributed by atoms with Crippen molar-refractivity contribution in [2.75, 3.05) is 6.79 Å². The molecule has 1 aromatic carbocycles. The monoisotopic (exact) mass is 329 g/mol. The maximum absolute atomic E-state index is 12.7. The summed E-state index contributed by atoms with van der Waals surface area (Å²) in [6.07, 6.45) is 4.74. The van der Waals surface area contributed by atoms with Crippen LogP contribution in [-0.2, 0) is 7.05 Å². The largest absolute Gasteiger partial charge is 0.454 e. The molecule has 2 aliphatic rings. The van der Waals surface area contributed by atoms with Gasteiger partial charge in [-0.2, -0.15) is 5.10 Å². The van der Waals surface area contributed by atoms with Crippen molar-refractivity contribution in [3.63, 3.8) is 0 Å². The first kappa shape index (κ1) is 15.0. The van der Waals surface area contributed by atoms with Crippen molar-refractivity contribution in [3.05, 3.63) is 41.7 Å². The Morgan fingerprint density at radius 2 is 2.17 bits per heavy atom. The SMILES string of the molecule is Cn1cc(C(NC(=O)c2ccc3c(c2)OCO3)C2CC(O)C2)cn1. The zero-order valence-electron chi connectivity index (χ0n) is 13.3. The molecule has 1 fully saturated rings. The highest BCUT2D eigenvalue weighted by Crippen LogP contribution is 2.38. The first-order chi connectivity index (χ1) is 11.6. The first-order valence-electron chi connectivity index (χ1n) is 7.97. The van der Waals surface area contributed by atoms with Gasteiger partial charge in [0.25, 0.3) is 5.91 Å². The summed E-state index contributed by atoms with van der Waals surface area (Å²) in [7, 11) is 1.84. The maximum atomic E-state index is 12.7. The average molecular weight is 329 g/mol. The van der Waals surface area contributed by atoms with Crippen molar-refractivity contribution >= 4 is 5.91 Å². The number of hydrogen-bond donors (Lipinski definition) is 2. The van der Waals surface area contributed by atoms with Gasteiger partial charge in [0.15, 0.2) is 11.5 Å². The number of benzene rings is 1. The van der Waals surface area contributed by atoms with Crippen LogP contribution in [0.2, 0.25) is 0 Å². The molecule has 7 heteroatoms. The second-order valence-electron chi connectivity index (χ2n) is 6.35. The summed E-state index contributed by atoms with van der Waals surface area (Å²) in [6.45, 7) is 0.179. The number of nitrogens with zero attached hydrogens (tertiary/aromatic N) is 2. The molecule has 1 amide bonds. The van der Waals surface area contributed by atoms with Gasteiger partial charge in [-0.15, -0.1) is 0 Å². The number of rotatable bonds is 4. The van der Waals surface area contributed by atoms with Crippen LogP contribution < -0.4 is 14.8 Å². The van der Waals surface area contributed by atoms with E-state index in [4.69, 9.17) is 9.47 Å². The summed E-state index contributed by atoms with van der Waals surface area (Å²) in [5, 5.41) is 16.9. The maximum Gasteiger partial charge on any atom is 0.251 e. The highest BCUT2D eigenvalue weighted by molar-refractivity contribution is 5.95. The number of ether oxygens (including phenoxy) is 2. The van der Waals surface area contributed by atoms with Gasteiger partial charge >= 0.3 is 0 Å². The van der Waals surface area contributed by atoms with Crippen LogP contribution in [0.1, 0.15) is 34.8 Å². The van der Waals surface area contributed by atoms with Gasteiger partial charge in [0.1, 0.15) is 0 Å². The molecule has 24 heavy (non-hydrogen) atoms. The Bertz CT molecular complexity index is 767. The lowest BCUT2D eigenvalue weighted by Crippen LogP contribution is -2.41. The minimum atomic E-state index is -0.281. The highest BCUT2D eigenvalue weighted by Gasteiger charge is 2.36. The fraction of sp³-hybridized carbons (Fsp3) is 0.412. The van der Waals surface area contributed by atoms with E-state index < -0.39 is 0 Å². The molecule has 0 spiro atoms.